The molecule has 0 saturated carbocycles. The summed E-state index contributed by atoms with van der Waals surface area (Å²) in [6, 6.07) is 20.4. The van der Waals surface area contributed by atoms with Crippen LogP contribution in [0.3, 0.4) is 0 Å². The summed E-state index contributed by atoms with van der Waals surface area (Å²) in [5, 5.41) is 1.94. The lowest BCUT2D eigenvalue weighted by Gasteiger charge is -2.64. The highest BCUT2D eigenvalue weighted by molar-refractivity contribution is 6.13. The molecule has 0 bridgehead atoms. The van der Waals surface area contributed by atoms with Gasteiger partial charge in [-0.25, -0.2) is 8.96 Å². The van der Waals surface area contributed by atoms with Gasteiger partial charge in [-0.3, -0.25) is 0 Å². The molecule has 6 rings (SSSR count). The number of furan rings is 1. The van der Waals surface area contributed by atoms with Crippen LogP contribution in [0.25, 0.3) is 44.3 Å². The zero-order valence-corrected chi connectivity index (χ0v) is 25.6. The highest BCUT2D eigenvalue weighted by Gasteiger charge is 2.60. The first-order chi connectivity index (χ1) is 18.6. The number of aromatic nitrogens is 1. The van der Waals surface area contributed by atoms with Gasteiger partial charge in [0.1, 0.15) is 24.0 Å². The van der Waals surface area contributed by atoms with Crippen molar-refractivity contribution in [1.82, 2.24) is 0 Å². The maximum absolute atomic E-state index is 15.9. The van der Waals surface area contributed by atoms with Gasteiger partial charge >= 0.3 is 0 Å². The van der Waals surface area contributed by atoms with Gasteiger partial charge in [0.25, 0.3) is 0 Å². The Morgan fingerprint density at radius 2 is 1.27 bits per heavy atom. The summed E-state index contributed by atoms with van der Waals surface area (Å²) in [5.41, 5.74) is 8.53. The Hall–Kier alpha value is -3.46. The first-order valence-corrected chi connectivity index (χ1v) is 14.4. The van der Waals surface area contributed by atoms with Gasteiger partial charge in [0, 0.05) is 22.9 Å². The fourth-order valence-electron chi connectivity index (χ4n) is 7.35. The van der Waals surface area contributed by atoms with Gasteiger partial charge in [0.05, 0.1) is 11.1 Å². The van der Waals surface area contributed by atoms with Crippen LogP contribution in [-0.4, -0.2) is 0 Å². The number of fused-ring (bicyclic) bond motifs is 4. The Bertz CT molecular complexity index is 1830. The monoisotopic (exact) mass is 534 g/mol. The molecule has 2 aromatic heterocycles. The van der Waals surface area contributed by atoms with E-state index in [0.717, 1.165) is 38.7 Å². The molecule has 0 aliphatic heterocycles. The van der Waals surface area contributed by atoms with E-state index in [2.05, 4.69) is 103 Å². The van der Waals surface area contributed by atoms with Crippen molar-refractivity contribution < 1.29 is 13.4 Å². The van der Waals surface area contributed by atoms with Crippen molar-refractivity contribution in [2.45, 2.75) is 73.1 Å². The first-order valence-electron chi connectivity index (χ1n) is 14.4. The third-order valence-corrected chi connectivity index (χ3v) is 11.6. The molecule has 2 nitrogen and oxygen atoms in total. The van der Waals surface area contributed by atoms with Crippen LogP contribution in [0.15, 0.2) is 71.3 Å². The molecular weight excluding hydrogens is 493 g/mol. The predicted molar refractivity (Wildman–Crippen MR) is 164 cm³/mol. The molecule has 0 N–H and O–H groups in total. The van der Waals surface area contributed by atoms with Crippen LogP contribution in [0.2, 0.25) is 0 Å². The molecule has 0 unspecified atom stereocenters. The van der Waals surface area contributed by atoms with Gasteiger partial charge in [-0.1, -0.05) is 85.7 Å². The van der Waals surface area contributed by atoms with Crippen molar-refractivity contribution in [3.63, 3.8) is 0 Å². The molecule has 2 heterocycles. The van der Waals surface area contributed by atoms with E-state index in [1.165, 1.54) is 11.1 Å². The number of pyridine rings is 1. The molecule has 206 valence electrons. The molecule has 0 fully saturated rings. The average molecular weight is 535 g/mol. The minimum atomic E-state index is -0.262. The number of hydrogen-bond donors (Lipinski definition) is 0. The molecule has 3 aromatic carbocycles. The molecule has 1 aliphatic rings. The Balaban J connectivity index is 1.66. The van der Waals surface area contributed by atoms with E-state index >= 15 is 4.39 Å². The summed E-state index contributed by atoms with van der Waals surface area (Å²) in [4.78, 5) is 0. The van der Waals surface area contributed by atoms with Crippen LogP contribution in [0.1, 0.15) is 72.1 Å². The fourth-order valence-corrected chi connectivity index (χ4v) is 7.35. The summed E-state index contributed by atoms with van der Waals surface area (Å²) in [5.74, 6) is -0.262. The minimum Gasteiger partial charge on any atom is -0.454 e. The van der Waals surface area contributed by atoms with Crippen molar-refractivity contribution >= 4 is 21.9 Å². The second-order valence-corrected chi connectivity index (χ2v) is 14.0. The summed E-state index contributed by atoms with van der Waals surface area (Å²) in [6.45, 7) is 21.1. The Morgan fingerprint density at radius 1 is 0.675 bits per heavy atom. The third kappa shape index (κ3) is 3.24. The summed E-state index contributed by atoms with van der Waals surface area (Å²) in [7, 11) is 2.04. The number of hydrogen-bond acceptors (Lipinski definition) is 1. The van der Waals surface area contributed by atoms with Crippen molar-refractivity contribution in [2.75, 3.05) is 0 Å². The van der Waals surface area contributed by atoms with Crippen molar-refractivity contribution in [3.8, 4) is 22.4 Å². The second-order valence-electron chi connectivity index (χ2n) is 14.0. The first kappa shape index (κ1) is 26.7. The number of nitrogens with zero attached hydrogens (tertiary/aromatic N) is 1. The van der Waals surface area contributed by atoms with E-state index < -0.39 is 0 Å². The normalized spacial score (nSPS) is 18.7. The largest absolute Gasteiger partial charge is 0.454 e. The van der Waals surface area contributed by atoms with Gasteiger partial charge in [0.2, 0.25) is 5.69 Å². The topological polar surface area (TPSA) is 17.0 Å². The lowest BCUT2D eigenvalue weighted by Crippen LogP contribution is -2.59. The van der Waals surface area contributed by atoms with Crippen molar-refractivity contribution in [3.05, 3.63) is 89.4 Å². The van der Waals surface area contributed by atoms with Gasteiger partial charge < -0.3 is 4.42 Å². The van der Waals surface area contributed by atoms with Crippen molar-refractivity contribution in [2.24, 2.45) is 17.9 Å². The molecule has 40 heavy (non-hydrogen) atoms. The summed E-state index contributed by atoms with van der Waals surface area (Å²) in [6.07, 6.45) is 2.04. The number of rotatable bonds is 2. The number of benzene rings is 3. The molecule has 1 aliphatic carbocycles. The smallest absolute Gasteiger partial charge is 0.216 e. The molecule has 0 saturated heterocycles. The van der Waals surface area contributed by atoms with E-state index in [1.54, 1.807) is 6.07 Å². The van der Waals surface area contributed by atoms with E-state index in [-0.39, 0.29) is 27.5 Å². The SMILES string of the molecule is Cc1ccc2c(oc3c(-c4ccc5c(c4)C(C)(C)C(C)(C)C(C)(C)C5(C)C)c(F)ccc32)c1-c1cccc[n+]1C. The predicted octanol–water partition coefficient (Wildman–Crippen LogP) is 9.81. The third-order valence-electron chi connectivity index (χ3n) is 11.6. The van der Waals surface area contributed by atoms with E-state index in [0.29, 0.717) is 11.1 Å². The van der Waals surface area contributed by atoms with E-state index in [4.69, 9.17) is 4.42 Å². The van der Waals surface area contributed by atoms with Crippen LogP contribution in [0.5, 0.6) is 0 Å². The standard InChI is InChI=1S/C37H41FNO/c1-22-14-16-24-25-17-19-28(38)31(33(25)40-32(24)30(22)29-13-11-12-20-39(29)10)23-15-18-26-27(21-23)35(4,5)37(8,9)36(6,7)34(26,2)3/h11-21H,1-10H3/q+1. The maximum Gasteiger partial charge on any atom is 0.216 e. The van der Waals surface area contributed by atoms with Crippen LogP contribution in [0, 0.1) is 23.6 Å². The zero-order valence-electron chi connectivity index (χ0n) is 25.6. The van der Waals surface area contributed by atoms with E-state index in [9.17, 15) is 0 Å². The van der Waals surface area contributed by atoms with Crippen LogP contribution in [0.4, 0.5) is 4.39 Å². The van der Waals surface area contributed by atoms with Crippen LogP contribution in [-0.2, 0) is 17.9 Å². The lowest BCUT2D eigenvalue weighted by molar-refractivity contribution is -0.660. The molecular formula is C37H41FNO+. The zero-order chi connectivity index (χ0) is 29.0. The summed E-state index contributed by atoms with van der Waals surface area (Å²) < 4.78 is 24.7. The molecule has 3 heteroatoms. The van der Waals surface area contributed by atoms with Gasteiger partial charge in [-0.15, -0.1) is 0 Å². The van der Waals surface area contributed by atoms with Crippen molar-refractivity contribution in [1.29, 1.82) is 0 Å². The Kier molecular flexibility index (Phi) is 5.54. The van der Waals surface area contributed by atoms with Crippen LogP contribution < -0.4 is 4.57 Å². The second kappa shape index (κ2) is 8.28. The molecule has 0 spiro atoms. The molecule has 0 atom stereocenters. The quantitative estimate of drug-likeness (QED) is 0.206. The Morgan fingerprint density at radius 3 is 1.93 bits per heavy atom. The lowest BCUT2D eigenvalue weighted by atomic mass is 9.40. The van der Waals surface area contributed by atoms with Gasteiger partial charge in [-0.2, -0.15) is 0 Å². The summed E-state index contributed by atoms with van der Waals surface area (Å²) >= 11 is 0. The molecule has 0 radical (unpaired) electrons. The maximum atomic E-state index is 15.9. The fraction of sp³-hybridized carbons (Fsp3) is 0.378. The van der Waals surface area contributed by atoms with Gasteiger partial charge in [0.15, 0.2) is 6.20 Å². The van der Waals surface area contributed by atoms with Gasteiger partial charge in [-0.05, 0) is 69.0 Å². The highest BCUT2D eigenvalue weighted by atomic mass is 19.1. The number of halogens is 1. The van der Waals surface area contributed by atoms with Crippen LogP contribution >= 0.6 is 0 Å². The number of aryl methyl sites for hydroxylation is 2. The average Bonchev–Trinajstić information content (AvgIpc) is 3.26. The Labute approximate surface area is 237 Å². The molecule has 0 amide bonds. The molecule has 5 aromatic rings. The minimum absolute atomic E-state index is 0.00330. The van der Waals surface area contributed by atoms with E-state index in [1.807, 2.05) is 31.4 Å². The highest BCUT2D eigenvalue weighted by Crippen LogP contribution is 2.65.